The lowest BCUT2D eigenvalue weighted by molar-refractivity contribution is 0.0845. The number of rotatable bonds is 9. The minimum Gasteiger partial charge on any atom is -0.494 e. The molecule has 9 heteroatoms. The summed E-state index contributed by atoms with van der Waals surface area (Å²) in [4.78, 5) is 13.2. The number of nitrogens with two attached hydrogens (primary N) is 1. The van der Waals surface area contributed by atoms with Crippen molar-refractivity contribution in [1.82, 2.24) is 5.32 Å². The number of aliphatic hydroxyl groups excluding tert-OH is 1. The molecule has 8 nitrogen and oxygen atoms in total. The predicted octanol–water partition coefficient (Wildman–Crippen LogP) is 3.01. The van der Waals surface area contributed by atoms with Gasteiger partial charge in [-0.2, -0.15) is 0 Å². The first kappa shape index (κ1) is 24.3. The van der Waals surface area contributed by atoms with Crippen LogP contribution in [0.25, 0.3) is 0 Å². The molecule has 0 aliphatic carbocycles. The Kier molecular flexibility index (Phi) is 8.38. The number of carbonyl (C=O) groups excluding carboxylic acids is 1. The number of aliphatic hydroxyl groups is 1. The lowest BCUT2D eigenvalue weighted by Crippen LogP contribution is -2.47. The molecule has 1 aliphatic rings. The van der Waals surface area contributed by atoms with Gasteiger partial charge in [0.1, 0.15) is 5.75 Å². The van der Waals surface area contributed by atoms with Crippen LogP contribution in [0.3, 0.4) is 0 Å². The van der Waals surface area contributed by atoms with E-state index in [0.717, 1.165) is 18.4 Å². The Morgan fingerprint density at radius 2 is 1.97 bits per heavy atom. The third-order valence-electron chi connectivity index (χ3n) is 5.46. The van der Waals surface area contributed by atoms with Crippen molar-refractivity contribution >= 4 is 22.4 Å². The van der Waals surface area contributed by atoms with Gasteiger partial charge < -0.3 is 20.9 Å². The number of nitrogens with zero attached hydrogens (tertiary/aromatic N) is 1. The number of amides is 1. The molecule has 1 fully saturated rings. The molecule has 0 saturated carbocycles. The van der Waals surface area contributed by atoms with Gasteiger partial charge in [0.25, 0.3) is 5.91 Å². The van der Waals surface area contributed by atoms with Gasteiger partial charge in [0.05, 0.1) is 30.2 Å². The predicted molar refractivity (Wildman–Crippen MR) is 128 cm³/mol. The van der Waals surface area contributed by atoms with E-state index in [1.54, 1.807) is 22.5 Å². The van der Waals surface area contributed by atoms with Crippen LogP contribution >= 0.6 is 10.8 Å². The number of hydrogen-bond acceptors (Lipinski definition) is 7. The van der Waals surface area contributed by atoms with E-state index in [1.165, 1.54) is 0 Å². The van der Waals surface area contributed by atoms with E-state index >= 15 is 0 Å². The van der Waals surface area contributed by atoms with Crippen LogP contribution in [-0.4, -0.2) is 57.7 Å². The Balaban J connectivity index is 1.87. The van der Waals surface area contributed by atoms with Crippen molar-refractivity contribution in [1.29, 1.82) is 0 Å². The van der Waals surface area contributed by atoms with Gasteiger partial charge >= 0.3 is 0 Å². The average Bonchev–Trinajstić information content (AvgIpc) is 2.78. The van der Waals surface area contributed by atoms with Gasteiger partial charge in [0.15, 0.2) is 0 Å². The Morgan fingerprint density at radius 3 is 2.62 bits per heavy atom. The first-order valence-corrected chi connectivity index (χ1v) is 12.6. The van der Waals surface area contributed by atoms with Crippen LogP contribution < -0.4 is 20.1 Å². The number of hydrogen-bond donors (Lipinski definition) is 5. The molecule has 0 spiro atoms. The molecule has 0 unspecified atom stereocenters. The van der Waals surface area contributed by atoms with Crippen LogP contribution in [-0.2, 0) is 6.42 Å². The lowest BCUT2D eigenvalue weighted by atomic mass is 10.0. The summed E-state index contributed by atoms with van der Waals surface area (Å²) >= 11 is 0. The zero-order valence-corrected chi connectivity index (χ0v) is 19.1. The monoisotopic (exact) mass is 463 g/mol. The molecule has 3 rings (SSSR count). The first-order chi connectivity index (χ1) is 15.3. The average molecular weight is 464 g/mol. The molecular weight excluding hydrogens is 430 g/mol. The SMILES string of the molecule is CCOc1cc(C(=O)N[C@@H](Cc2ccccc2)[C@H](O)CN)cc(N2CCCCS2(O)O)c1. The Labute approximate surface area is 190 Å². The molecule has 1 aliphatic heterocycles. The molecule has 0 bridgehead atoms. The van der Waals surface area contributed by atoms with E-state index in [2.05, 4.69) is 5.32 Å². The van der Waals surface area contributed by atoms with Crippen molar-refractivity contribution in [2.45, 2.75) is 38.3 Å². The second-order valence-electron chi connectivity index (χ2n) is 7.87. The molecule has 0 aromatic heterocycles. The van der Waals surface area contributed by atoms with Crippen LogP contribution in [0.1, 0.15) is 35.7 Å². The summed E-state index contributed by atoms with van der Waals surface area (Å²) in [5.41, 5.74) is 7.49. The summed E-state index contributed by atoms with van der Waals surface area (Å²) in [5, 5.41) is 13.3. The zero-order chi connectivity index (χ0) is 23.1. The Hall–Kier alpha value is -2.30. The zero-order valence-electron chi connectivity index (χ0n) is 18.3. The number of ether oxygens (including phenoxy) is 1. The minimum absolute atomic E-state index is 0.0106. The van der Waals surface area contributed by atoms with Crippen molar-refractivity contribution < 1.29 is 23.7 Å². The first-order valence-electron chi connectivity index (χ1n) is 10.9. The highest BCUT2D eigenvalue weighted by Gasteiger charge is 2.28. The highest BCUT2D eigenvalue weighted by atomic mass is 32.3. The third-order valence-corrected chi connectivity index (χ3v) is 7.39. The van der Waals surface area contributed by atoms with E-state index in [1.807, 2.05) is 37.3 Å². The van der Waals surface area contributed by atoms with Gasteiger partial charge in [-0.1, -0.05) is 30.3 Å². The third kappa shape index (κ3) is 6.14. The smallest absolute Gasteiger partial charge is 0.251 e. The topological polar surface area (TPSA) is 128 Å². The second-order valence-corrected chi connectivity index (χ2v) is 9.98. The summed E-state index contributed by atoms with van der Waals surface area (Å²) < 4.78 is 28.3. The van der Waals surface area contributed by atoms with E-state index in [0.29, 0.717) is 42.3 Å². The van der Waals surface area contributed by atoms with Gasteiger partial charge in [-0.05, 0) is 43.9 Å². The molecule has 1 heterocycles. The van der Waals surface area contributed by atoms with E-state index < -0.39 is 28.8 Å². The Bertz CT molecular complexity index is 896. The highest BCUT2D eigenvalue weighted by molar-refractivity contribution is 8.25. The van der Waals surface area contributed by atoms with E-state index in [4.69, 9.17) is 10.5 Å². The quantitative estimate of drug-likeness (QED) is 0.387. The van der Waals surface area contributed by atoms with Crippen molar-refractivity contribution in [3.63, 3.8) is 0 Å². The molecule has 6 N–H and O–H groups in total. The van der Waals surface area contributed by atoms with Crippen LogP contribution in [0.4, 0.5) is 5.69 Å². The lowest BCUT2D eigenvalue weighted by Gasteiger charge is -2.47. The maximum Gasteiger partial charge on any atom is 0.251 e. The summed E-state index contributed by atoms with van der Waals surface area (Å²) in [5.74, 6) is 0.375. The fourth-order valence-corrected chi connectivity index (χ4v) is 5.46. The molecule has 176 valence electrons. The standard InChI is InChI=1S/C23H33N3O5S/c1-2-31-20-14-18(13-19(15-20)26-10-6-7-11-32(26,29)30)23(28)25-21(22(27)16-24)12-17-8-4-3-5-9-17/h3-5,8-9,13-15,21-22,27,29-30H,2,6-7,10-12,16,24H2,1H3,(H,25,28)/t21-,22+/m0/s1. The summed E-state index contributed by atoms with van der Waals surface area (Å²) in [6, 6.07) is 13.9. The molecule has 2 aromatic rings. The van der Waals surface area contributed by atoms with E-state index in [9.17, 15) is 19.0 Å². The van der Waals surface area contributed by atoms with Crippen molar-refractivity contribution in [3.05, 3.63) is 59.7 Å². The van der Waals surface area contributed by atoms with Crippen molar-refractivity contribution in [3.8, 4) is 5.75 Å². The van der Waals surface area contributed by atoms with Crippen molar-refractivity contribution in [2.75, 3.05) is 29.8 Å². The normalized spacial score (nSPS) is 18.5. The fraction of sp³-hybridized carbons (Fsp3) is 0.435. The second kappa shape index (κ2) is 11.0. The largest absolute Gasteiger partial charge is 0.494 e. The van der Waals surface area contributed by atoms with Gasteiger partial charge in [-0.15, -0.1) is 10.8 Å². The van der Waals surface area contributed by atoms with Crippen LogP contribution in [0, 0.1) is 0 Å². The van der Waals surface area contributed by atoms with Crippen molar-refractivity contribution in [2.24, 2.45) is 5.73 Å². The maximum atomic E-state index is 13.2. The van der Waals surface area contributed by atoms with Gasteiger partial charge in [0.2, 0.25) is 0 Å². The molecular formula is C23H33N3O5S. The molecule has 2 aromatic carbocycles. The van der Waals surface area contributed by atoms with Gasteiger partial charge in [-0.25, -0.2) is 0 Å². The molecule has 1 saturated heterocycles. The van der Waals surface area contributed by atoms with Gasteiger partial charge in [-0.3, -0.25) is 18.2 Å². The minimum atomic E-state index is -2.94. The van der Waals surface area contributed by atoms with Crippen LogP contribution in [0.2, 0.25) is 0 Å². The van der Waals surface area contributed by atoms with Gasteiger partial charge in [0, 0.05) is 24.7 Å². The summed E-state index contributed by atoms with van der Waals surface area (Å²) in [6.45, 7) is 2.75. The maximum absolute atomic E-state index is 13.2. The number of carbonyl (C=O) groups is 1. The molecule has 1 amide bonds. The number of benzene rings is 2. The van der Waals surface area contributed by atoms with Crippen LogP contribution in [0.15, 0.2) is 48.5 Å². The number of nitrogens with one attached hydrogen (secondary N) is 1. The molecule has 32 heavy (non-hydrogen) atoms. The fourth-order valence-electron chi connectivity index (χ4n) is 3.78. The number of anilines is 1. The molecule has 2 atom stereocenters. The Morgan fingerprint density at radius 1 is 1.22 bits per heavy atom. The summed E-state index contributed by atoms with van der Waals surface area (Å²) in [7, 11) is -2.94. The van der Waals surface area contributed by atoms with Crippen LogP contribution in [0.5, 0.6) is 5.75 Å². The molecule has 0 radical (unpaired) electrons. The van der Waals surface area contributed by atoms with E-state index in [-0.39, 0.29) is 6.54 Å². The summed E-state index contributed by atoms with van der Waals surface area (Å²) in [6.07, 6.45) is 1.09. The highest BCUT2D eigenvalue weighted by Crippen LogP contribution is 2.50.